The molecule has 206 valence electrons. The van der Waals surface area contributed by atoms with E-state index in [1.165, 1.54) is 19.8 Å². The first-order chi connectivity index (χ1) is 18.2. The van der Waals surface area contributed by atoms with Crippen molar-refractivity contribution in [1.29, 1.82) is 0 Å². The highest BCUT2D eigenvalue weighted by Crippen LogP contribution is 2.62. The third-order valence-electron chi connectivity index (χ3n) is 9.49. The number of benzene rings is 1. The smallest absolute Gasteiger partial charge is 0.323 e. The van der Waals surface area contributed by atoms with E-state index in [9.17, 15) is 9.59 Å². The van der Waals surface area contributed by atoms with Crippen LogP contribution in [0.2, 0.25) is 0 Å². The average molecular weight is 522 g/mol. The van der Waals surface area contributed by atoms with E-state index in [0.717, 1.165) is 61.8 Å². The standard InChI is InChI=1S/C32H43NO5/c1-22-12-15-28-31(2,17-9-18-32(28,3)30(35)37-5)25(22)14-13-24-16-19-38-27(24)21-33-26(29(34)36-4)20-23-10-7-6-8-11-23/h6-8,10-11,16,19,25-26,28,33H,1,9,12-15,17-18,20-21H2,2-5H3/t25-,26+,28+,31+,32-/m0/s1. The van der Waals surface area contributed by atoms with Crippen molar-refractivity contribution >= 4 is 11.9 Å². The van der Waals surface area contributed by atoms with Gasteiger partial charge in [-0.25, -0.2) is 0 Å². The van der Waals surface area contributed by atoms with E-state index in [2.05, 4.69) is 25.7 Å². The summed E-state index contributed by atoms with van der Waals surface area (Å²) < 4.78 is 16.2. The number of carbonyl (C=O) groups excluding carboxylic acids is 2. The summed E-state index contributed by atoms with van der Waals surface area (Å²) in [6.07, 6.45) is 9.06. The molecule has 1 aromatic heterocycles. The lowest BCUT2D eigenvalue weighted by atomic mass is 9.46. The van der Waals surface area contributed by atoms with Gasteiger partial charge < -0.3 is 13.9 Å². The quantitative estimate of drug-likeness (QED) is 0.303. The van der Waals surface area contributed by atoms with Crippen LogP contribution in [0.4, 0.5) is 0 Å². The minimum absolute atomic E-state index is 0.0182. The molecule has 2 fully saturated rings. The maximum Gasteiger partial charge on any atom is 0.323 e. The summed E-state index contributed by atoms with van der Waals surface area (Å²) in [6.45, 7) is 9.42. The summed E-state index contributed by atoms with van der Waals surface area (Å²) in [5.41, 5.74) is 3.10. The Bertz CT molecular complexity index is 1120. The molecule has 2 aromatic rings. The fourth-order valence-corrected chi connectivity index (χ4v) is 7.45. The van der Waals surface area contributed by atoms with Gasteiger partial charge in [-0.05, 0) is 86.3 Å². The monoisotopic (exact) mass is 521 g/mol. The van der Waals surface area contributed by atoms with Gasteiger partial charge in [-0.2, -0.15) is 0 Å². The average Bonchev–Trinajstić information content (AvgIpc) is 3.37. The van der Waals surface area contributed by atoms with Crippen molar-refractivity contribution < 1.29 is 23.5 Å². The Kier molecular flexibility index (Phi) is 8.81. The van der Waals surface area contributed by atoms with Crippen molar-refractivity contribution in [1.82, 2.24) is 5.32 Å². The fourth-order valence-electron chi connectivity index (χ4n) is 7.45. The van der Waals surface area contributed by atoms with Crippen molar-refractivity contribution in [3.63, 3.8) is 0 Å². The molecule has 1 heterocycles. The maximum absolute atomic E-state index is 12.9. The summed E-state index contributed by atoms with van der Waals surface area (Å²) in [5, 5.41) is 3.35. The number of aryl methyl sites for hydroxylation is 1. The summed E-state index contributed by atoms with van der Waals surface area (Å²) in [4.78, 5) is 25.3. The molecule has 0 bridgehead atoms. The van der Waals surface area contributed by atoms with E-state index in [1.807, 2.05) is 36.4 Å². The number of furan rings is 1. The van der Waals surface area contributed by atoms with E-state index in [-0.39, 0.29) is 23.3 Å². The van der Waals surface area contributed by atoms with Gasteiger partial charge in [0.2, 0.25) is 0 Å². The Morgan fingerprint density at radius 2 is 1.89 bits per heavy atom. The van der Waals surface area contributed by atoms with Crippen molar-refractivity contribution in [3.05, 3.63) is 71.7 Å². The molecule has 5 atom stereocenters. The van der Waals surface area contributed by atoms with E-state index in [0.29, 0.717) is 18.9 Å². The molecule has 0 radical (unpaired) electrons. The molecule has 2 aliphatic carbocycles. The van der Waals surface area contributed by atoms with E-state index < -0.39 is 11.5 Å². The molecule has 6 nitrogen and oxygen atoms in total. The Morgan fingerprint density at radius 3 is 2.61 bits per heavy atom. The maximum atomic E-state index is 12.9. The van der Waals surface area contributed by atoms with Crippen molar-refractivity contribution in [2.24, 2.45) is 22.7 Å². The normalized spacial score (nSPS) is 27.8. The number of ether oxygens (including phenoxy) is 2. The van der Waals surface area contributed by atoms with Gasteiger partial charge in [-0.15, -0.1) is 0 Å². The number of fused-ring (bicyclic) bond motifs is 1. The van der Waals surface area contributed by atoms with Crippen molar-refractivity contribution in [2.75, 3.05) is 14.2 Å². The second kappa shape index (κ2) is 11.9. The van der Waals surface area contributed by atoms with Gasteiger partial charge >= 0.3 is 11.9 Å². The van der Waals surface area contributed by atoms with Crippen LogP contribution in [0.25, 0.3) is 0 Å². The van der Waals surface area contributed by atoms with Crippen molar-refractivity contribution in [3.8, 4) is 0 Å². The Balaban J connectivity index is 1.44. The van der Waals surface area contributed by atoms with Crippen LogP contribution in [0.5, 0.6) is 0 Å². The van der Waals surface area contributed by atoms with Crippen molar-refractivity contribution in [2.45, 2.75) is 77.8 Å². The molecule has 38 heavy (non-hydrogen) atoms. The third-order valence-corrected chi connectivity index (χ3v) is 9.49. The van der Waals surface area contributed by atoms with Crippen LogP contribution in [0.15, 0.2) is 59.2 Å². The molecular weight excluding hydrogens is 478 g/mol. The molecule has 4 rings (SSSR count). The first-order valence-electron chi connectivity index (χ1n) is 13.9. The number of nitrogens with one attached hydrogen (secondary N) is 1. The third kappa shape index (κ3) is 5.61. The van der Waals surface area contributed by atoms with Crippen LogP contribution in [0, 0.1) is 22.7 Å². The van der Waals surface area contributed by atoms with Crippen LogP contribution in [0.3, 0.4) is 0 Å². The molecule has 0 unspecified atom stereocenters. The number of allylic oxidation sites excluding steroid dienone is 1. The van der Waals surface area contributed by atoms with Crippen LogP contribution < -0.4 is 5.32 Å². The summed E-state index contributed by atoms with van der Waals surface area (Å²) in [5.74, 6) is 1.11. The first-order valence-corrected chi connectivity index (χ1v) is 13.9. The van der Waals surface area contributed by atoms with Gasteiger partial charge in [0.25, 0.3) is 0 Å². The molecule has 1 N–H and O–H groups in total. The van der Waals surface area contributed by atoms with Gasteiger partial charge in [0.1, 0.15) is 11.8 Å². The molecule has 0 amide bonds. The lowest BCUT2D eigenvalue weighted by molar-refractivity contribution is -0.168. The molecule has 2 aliphatic rings. The van der Waals surface area contributed by atoms with Crippen LogP contribution in [0.1, 0.15) is 69.3 Å². The fraction of sp³-hybridized carbons (Fsp3) is 0.562. The summed E-state index contributed by atoms with van der Waals surface area (Å²) in [7, 11) is 2.93. The van der Waals surface area contributed by atoms with Gasteiger partial charge in [0, 0.05) is 0 Å². The number of carbonyl (C=O) groups is 2. The molecule has 0 saturated heterocycles. The second-order valence-corrected chi connectivity index (χ2v) is 11.6. The SMILES string of the molecule is C=C1CC[C@@H]2[C@](C)(CCC[C@]2(C)C(=O)OC)[C@H]1CCc1ccoc1CN[C@H](Cc1ccccc1)C(=O)OC. The number of hydrogen-bond donors (Lipinski definition) is 1. The Hall–Kier alpha value is -2.86. The van der Waals surface area contributed by atoms with Crippen LogP contribution in [-0.2, 0) is 38.4 Å². The number of rotatable bonds is 10. The number of hydrogen-bond acceptors (Lipinski definition) is 6. The van der Waals surface area contributed by atoms with Gasteiger partial charge in [-0.3, -0.25) is 14.9 Å². The highest BCUT2D eigenvalue weighted by molar-refractivity contribution is 5.77. The topological polar surface area (TPSA) is 77.8 Å². The molecule has 6 heteroatoms. The number of methoxy groups -OCH3 is 2. The molecule has 1 aromatic carbocycles. The van der Waals surface area contributed by atoms with Crippen LogP contribution in [-0.4, -0.2) is 32.2 Å². The highest BCUT2D eigenvalue weighted by Gasteiger charge is 2.57. The van der Waals surface area contributed by atoms with E-state index in [1.54, 1.807) is 6.26 Å². The highest BCUT2D eigenvalue weighted by atomic mass is 16.5. The predicted molar refractivity (Wildman–Crippen MR) is 147 cm³/mol. The second-order valence-electron chi connectivity index (χ2n) is 11.6. The molecule has 0 spiro atoms. The Labute approximate surface area is 227 Å². The molecule has 2 saturated carbocycles. The van der Waals surface area contributed by atoms with Crippen LogP contribution >= 0.6 is 0 Å². The summed E-state index contributed by atoms with van der Waals surface area (Å²) in [6, 6.07) is 11.5. The lowest BCUT2D eigenvalue weighted by Gasteiger charge is -2.57. The lowest BCUT2D eigenvalue weighted by Crippen LogP contribution is -2.53. The van der Waals surface area contributed by atoms with E-state index in [4.69, 9.17) is 13.9 Å². The molecular formula is C32H43NO5. The first kappa shape index (κ1) is 28.2. The zero-order valence-corrected chi connectivity index (χ0v) is 23.4. The summed E-state index contributed by atoms with van der Waals surface area (Å²) >= 11 is 0. The van der Waals surface area contributed by atoms with E-state index >= 15 is 0 Å². The van der Waals surface area contributed by atoms with Gasteiger partial charge in [-0.1, -0.05) is 55.8 Å². The number of esters is 2. The zero-order valence-electron chi connectivity index (χ0n) is 23.4. The van der Waals surface area contributed by atoms with Gasteiger partial charge in [0.15, 0.2) is 0 Å². The van der Waals surface area contributed by atoms with Gasteiger partial charge in [0.05, 0.1) is 32.4 Å². The largest absolute Gasteiger partial charge is 0.469 e. The Morgan fingerprint density at radius 1 is 1.13 bits per heavy atom. The molecule has 0 aliphatic heterocycles. The predicted octanol–water partition coefficient (Wildman–Crippen LogP) is 6.04. The minimum Gasteiger partial charge on any atom is -0.469 e. The minimum atomic E-state index is -0.462. The zero-order chi connectivity index (χ0) is 27.3.